The van der Waals surface area contributed by atoms with Gasteiger partial charge in [0.25, 0.3) is 0 Å². The lowest BCUT2D eigenvalue weighted by atomic mass is 10.1. The molecule has 0 aliphatic rings. The molecule has 4 N–H and O–H groups in total. The van der Waals surface area contributed by atoms with Gasteiger partial charge in [-0.2, -0.15) is 50.5 Å². The summed E-state index contributed by atoms with van der Waals surface area (Å²) in [5.74, 6) is 2.57. The number of para-hydroxylation sites is 2. The zero-order valence-electron chi connectivity index (χ0n) is 52.1. The molecule has 472 valence electrons. The molecular weight excluding hydrogens is 1190 g/mol. The molecule has 0 saturated carbocycles. The van der Waals surface area contributed by atoms with Crippen LogP contribution in [0.4, 0.5) is 0 Å². The predicted octanol–water partition coefficient (Wildman–Crippen LogP) is 18.1. The van der Waals surface area contributed by atoms with E-state index in [1.807, 2.05) is 127 Å². The number of thiol groups is 4. The first-order valence-electron chi connectivity index (χ1n) is 28.7. The number of aryl methyl sites for hydroxylation is 4. The van der Waals surface area contributed by atoms with Gasteiger partial charge in [-0.15, -0.1) is 0 Å². The standard InChI is InChI=1S/C10H12O3.C10H14OS.C9H10O3.C9H10O2.C9H12OS.C9H12S.C8H8O2.C8H10S/c1-7(2)13-9-6-4-3-5-8(9)10(11)12;1-8(2)11-10-6-4-3-5-9(10)7-12;1-2-12-8-5-3-7(4-6-8)9(10)11;1-2-7-3-5-8(6-4-7)9(10)11;1-2-10-9-5-3-8(7-11)4-6-9;1-2-8-3-5-9(7-10)6-4-8;1-6-4-2-3-5-7(6)8(9)10;1-7-4-2-3-5-8(7)6-9/h3-7H,1-2H3,(H,11,12);3-6,8,12H,7H2,1-2H3;3-6H,2H2,1H3,(H,10,11);3-6H,2H2,1H3,(H,10,11);3-6,11H,2,7H2,1H3;3-6,10H,2,7H2,1H3;2-5H,1H3,(H,9,10);2-5,9H,6H2,1H3. The Morgan fingerprint density at radius 1 is 0.364 bits per heavy atom. The Bertz CT molecular complexity index is 3180. The highest BCUT2D eigenvalue weighted by molar-refractivity contribution is 7.79. The van der Waals surface area contributed by atoms with E-state index in [9.17, 15) is 19.2 Å². The number of carboxylic acid groups (broad SMARTS) is 4. The summed E-state index contributed by atoms with van der Waals surface area (Å²) in [7, 11) is 0. The van der Waals surface area contributed by atoms with E-state index in [-0.39, 0.29) is 23.3 Å². The average Bonchev–Trinajstić information content (AvgIpc) is 3.68. The predicted molar refractivity (Wildman–Crippen MR) is 372 cm³/mol. The Balaban J connectivity index is 0.000000504. The third-order valence-corrected chi connectivity index (χ3v) is 13.3. The molecule has 0 spiro atoms. The quantitative estimate of drug-likeness (QED) is 0.0381. The molecule has 16 heteroatoms. The molecule has 8 aromatic carbocycles. The Labute approximate surface area is 544 Å². The largest absolute Gasteiger partial charge is 0.494 e. The number of carbonyl (C=O) groups is 4. The molecule has 0 heterocycles. The minimum absolute atomic E-state index is 0.0134. The highest BCUT2D eigenvalue weighted by atomic mass is 32.1. The van der Waals surface area contributed by atoms with E-state index >= 15 is 0 Å². The third-order valence-electron chi connectivity index (χ3n) is 11.8. The number of carboxylic acids is 4. The second kappa shape index (κ2) is 46.4. The van der Waals surface area contributed by atoms with Gasteiger partial charge in [0.05, 0.1) is 42.1 Å². The fourth-order valence-electron chi connectivity index (χ4n) is 7.09. The van der Waals surface area contributed by atoms with Crippen LogP contribution in [0.2, 0.25) is 0 Å². The van der Waals surface area contributed by atoms with Crippen molar-refractivity contribution in [2.45, 2.75) is 117 Å². The molecule has 0 atom stereocenters. The van der Waals surface area contributed by atoms with Gasteiger partial charge in [0, 0.05) is 28.6 Å². The molecule has 0 unspecified atom stereocenters. The zero-order valence-corrected chi connectivity index (χ0v) is 55.7. The van der Waals surface area contributed by atoms with Crippen LogP contribution in [0, 0.1) is 13.8 Å². The van der Waals surface area contributed by atoms with Gasteiger partial charge in [-0.1, -0.05) is 135 Å². The number of benzene rings is 8. The van der Waals surface area contributed by atoms with Gasteiger partial charge in [0.2, 0.25) is 0 Å². The highest BCUT2D eigenvalue weighted by Crippen LogP contribution is 2.22. The average molecular weight is 1270 g/mol. The molecule has 8 aromatic rings. The lowest BCUT2D eigenvalue weighted by Gasteiger charge is -2.12. The van der Waals surface area contributed by atoms with Crippen molar-refractivity contribution in [3.63, 3.8) is 0 Å². The van der Waals surface area contributed by atoms with Crippen LogP contribution in [-0.2, 0) is 35.9 Å². The van der Waals surface area contributed by atoms with E-state index in [0.717, 1.165) is 70.6 Å². The Morgan fingerprint density at radius 2 is 0.693 bits per heavy atom. The summed E-state index contributed by atoms with van der Waals surface area (Å²) >= 11 is 16.7. The van der Waals surface area contributed by atoms with Crippen molar-refractivity contribution in [1.82, 2.24) is 0 Å². The lowest BCUT2D eigenvalue weighted by Crippen LogP contribution is -2.09. The number of hydrogen-bond acceptors (Lipinski definition) is 12. The number of hydrogen-bond donors (Lipinski definition) is 8. The molecule has 0 aromatic heterocycles. The van der Waals surface area contributed by atoms with Gasteiger partial charge in [-0.3, -0.25) is 0 Å². The normalized spacial score (nSPS) is 9.73. The van der Waals surface area contributed by atoms with E-state index < -0.39 is 23.9 Å². The molecular formula is C72H88O12S4. The Morgan fingerprint density at radius 3 is 1.05 bits per heavy atom. The van der Waals surface area contributed by atoms with Crippen LogP contribution >= 0.6 is 50.5 Å². The molecule has 12 nitrogen and oxygen atoms in total. The van der Waals surface area contributed by atoms with Crippen molar-refractivity contribution in [2.75, 3.05) is 13.2 Å². The molecule has 0 aliphatic heterocycles. The Hall–Kier alpha value is -7.76. The fourth-order valence-corrected chi connectivity index (χ4v) is 8.12. The maximum atomic E-state index is 10.7. The fraction of sp³-hybridized carbons (Fsp3) is 0.278. The van der Waals surface area contributed by atoms with Crippen LogP contribution in [0.15, 0.2) is 194 Å². The van der Waals surface area contributed by atoms with Crippen LogP contribution in [0.3, 0.4) is 0 Å². The van der Waals surface area contributed by atoms with Crippen LogP contribution in [0.1, 0.15) is 141 Å². The summed E-state index contributed by atoms with van der Waals surface area (Å²) in [5, 5.41) is 34.5. The summed E-state index contributed by atoms with van der Waals surface area (Å²) in [5.41, 5.74) is 10.9. The molecule has 0 aliphatic carbocycles. The summed E-state index contributed by atoms with van der Waals surface area (Å²) in [6, 6.07) is 59.6. The minimum atomic E-state index is -0.962. The first-order valence-corrected chi connectivity index (χ1v) is 31.2. The van der Waals surface area contributed by atoms with E-state index in [4.69, 9.17) is 39.4 Å². The number of rotatable bonds is 18. The van der Waals surface area contributed by atoms with Crippen LogP contribution < -0.4 is 18.9 Å². The molecule has 8 rings (SSSR count). The molecule has 0 saturated heterocycles. The van der Waals surface area contributed by atoms with E-state index in [1.165, 1.54) is 46.0 Å². The van der Waals surface area contributed by atoms with Crippen molar-refractivity contribution < 1.29 is 58.6 Å². The van der Waals surface area contributed by atoms with Crippen molar-refractivity contribution in [1.29, 1.82) is 0 Å². The minimum Gasteiger partial charge on any atom is -0.494 e. The van der Waals surface area contributed by atoms with Crippen molar-refractivity contribution >= 4 is 74.4 Å². The van der Waals surface area contributed by atoms with Crippen molar-refractivity contribution in [3.8, 4) is 23.0 Å². The van der Waals surface area contributed by atoms with Gasteiger partial charge < -0.3 is 39.4 Å². The topological polar surface area (TPSA) is 186 Å². The first kappa shape index (κ1) is 78.3. The maximum Gasteiger partial charge on any atom is 0.339 e. The van der Waals surface area contributed by atoms with Gasteiger partial charge in [-0.25, -0.2) is 19.2 Å². The van der Waals surface area contributed by atoms with Gasteiger partial charge in [0.1, 0.15) is 28.6 Å². The molecule has 0 fully saturated rings. The van der Waals surface area contributed by atoms with E-state index in [1.54, 1.807) is 67.6 Å². The monoisotopic (exact) mass is 1270 g/mol. The lowest BCUT2D eigenvalue weighted by molar-refractivity contribution is 0.0680. The second-order valence-electron chi connectivity index (χ2n) is 19.3. The van der Waals surface area contributed by atoms with Gasteiger partial charge >= 0.3 is 23.9 Å². The SMILES string of the molecule is CC(C)Oc1ccccc1C(=O)O.CC(C)Oc1ccccc1CS.CCOc1ccc(C(=O)O)cc1.CCOc1ccc(CS)cc1.CCc1ccc(C(=O)O)cc1.CCc1ccc(CS)cc1.Cc1ccccc1C(=O)O.Cc1ccccc1CS. The van der Waals surface area contributed by atoms with Crippen molar-refractivity contribution in [3.05, 3.63) is 261 Å². The number of aromatic carboxylic acids is 4. The van der Waals surface area contributed by atoms with E-state index in [2.05, 4.69) is 101 Å². The summed E-state index contributed by atoms with van der Waals surface area (Å²) in [6.45, 7) is 21.0. The molecule has 0 radical (unpaired) electrons. The van der Waals surface area contributed by atoms with Crippen LogP contribution in [-0.4, -0.2) is 69.7 Å². The third kappa shape index (κ3) is 33.4. The highest BCUT2D eigenvalue weighted by Gasteiger charge is 2.11. The maximum absolute atomic E-state index is 10.7. The van der Waals surface area contributed by atoms with Gasteiger partial charge in [0.15, 0.2) is 0 Å². The smallest absolute Gasteiger partial charge is 0.339 e. The molecule has 0 amide bonds. The molecule has 0 bridgehead atoms. The van der Waals surface area contributed by atoms with E-state index in [0.29, 0.717) is 29.2 Å². The van der Waals surface area contributed by atoms with Crippen molar-refractivity contribution in [2.24, 2.45) is 0 Å². The van der Waals surface area contributed by atoms with Gasteiger partial charge in [-0.05, 0) is 180 Å². The second-order valence-corrected chi connectivity index (χ2v) is 20.6. The summed E-state index contributed by atoms with van der Waals surface area (Å²) in [6.07, 6.45) is 2.28. The zero-order chi connectivity index (χ0) is 65.8. The first-order chi connectivity index (χ1) is 42.1. The van der Waals surface area contributed by atoms with Crippen LogP contribution in [0.5, 0.6) is 23.0 Å². The Kier molecular flexibility index (Phi) is 41.3. The van der Waals surface area contributed by atoms with Crippen LogP contribution in [0.25, 0.3) is 0 Å². The summed E-state index contributed by atoms with van der Waals surface area (Å²) in [4.78, 5) is 42.0. The summed E-state index contributed by atoms with van der Waals surface area (Å²) < 4.78 is 21.3. The number of ether oxygens (including phenoxy) is 4. The molecule has 88 heavy (non-hydrogen) atoms.